The summed E-state index contributed by atoms with van der Waals surface area (Å²) in [5.74, 6) is -2.70. The lowest BCUT2D eigenvalue weighted by atomic mass is 9.91. The van der Waals surface area contributed by atoms with Gasteiger partial charge < -0.3 is 10.0 Å². The summed E-state index contributed by atoms with van der Waals surface area (Å²) in [7, 11) is 0. The molecule has 5 heteroatoms. The van der Waals surface area contributed by atoms with Gasteiger partial charge in [-0.15, -0.1) is 0 Å². The van der Waals surface area contributed by atoms with Gasteiger partial charge in [-0.25, -0.2) is 8.78 Å². The quantitative estimate of drug-likeness (QED) is 0.893. The Kier molecular flexibility index (Phi) is 3.91. The van der Waals surface area contributed by atoms with E-state index in [9.17, 15) is 13.6 Å². The van der Waals surface area contributed by atoms with Crippen LogP contribution < -0.4 is 0 Å². The fourth-order valence-corrected chi connectivity index (χ4v) is 2.08. The number of aliphatic hydroxyl groups is 1. The number of benzene rings is 1. The van der Waals surface area contributed by atoms with Crippen molar-refractivity contribution in [2.24, 2.45) is 0 Å². The molecule has 0 bridgehead atoms. The molecule has 1 saturated carbocycles. The molecule has 1 N–H and O–H groups in total. The summed E-state index contributed by atoms with van der Waals surface area (Å²) in [6, 6.07) is 3.59. The van der Waals surface area contributed by atoms with Gasteiger partial charge in [0.05, 0.1) is 12.2 Å². The lowest BCUT2D eigenvalue weighted by Crippen LogP contribution is -2.46. The minimum Gasteiger partial charge on any atom is -0.395 e. The zero-order valence-electron chi connectivity index (χ0n) is 9.90. The van der Waals surface area contributed by atoms with Crippen molar-refractivity contribution in [3.63, 3.8) is 0 Å². The summed E-state index contributed by atoms with van der Waals surface area (Å²) in [6.45, 7) is -0.0291. The first-order valence-electron chi connectivity index (χ1n) is 6.01. The van der Waals surface area contributed by atoms with E-state index in [4.69, 9.17) is 5.11 Å². The molecule has 1 aliphatic rings. The van der Waals surface area contributed by atoms with E-state index < -0.39 is 17.5 Å². The molecule has 2 rings (SSSR count). The van der Waals surface area contributed by atoms with Crippen LogP contribution in [0.2, 0.25) is 0 Å². The highest BCUT2D eigenvalue weighted by Crippen LogP contribution is 2.26. The van der Waals surface area contributed by atoms with Crippen LogP contribution in [0.25, 0.3) is 0 Å². The minimum atomic E-state index is -1.12. The van der Waals surface area contributed by atoms with E-state index in [-0.39, 0.29) is 24.8 Å². The average Bonchev–Trinajstić information content (AvgIpc) is 2.29. The maximum Gasteiger partial charge on any atom is 0.257 e. The highest BCUT2D eigenvalue weighted by Gasteiger charge is 2.30. The van der Waals surface area contributed by atoms with Crippen LogP contribution in [-0.4, -0.2) is 35.1 Å². The summed E-state index contributed by atoms with van der Waals surface area (Å²) in [4.78, 5) is 13.6. The minimum absolute atomic E-state index is 0.0346. The Morgan fingerprint density at radius 3 is 2.67 bits per heavy atom. The van der Waals surface area contributed by atoms with Crippen molar-refractivity contribution < 1.29 is 18.7 Å². The Bertz CT molecular complexity index is 447. The Morgan fingerprint density at radius 2 is 2.11 bits per heavy atom. The van der Waals surface area contributed by atoms with Crippen LogP contribution >= 0.6 is 0 Å². The summed E-state index contributed by atoms with van der Waals surface area (Å²) < 4.78 is 26.6. The zero-order chi connectivity index (χ0) is 13.1. The first-order chi connectivity index (χ1) is 8.65. The molecule has 1 aromatic carbocycles. The number of aliphatic hydroxyl groups excluding tert-OH is 1. The zero-order valence-corrected chi connectivity index (χ0v) is 9.90. The summed E-state index contributed by atoms with van der Waals surface area (Å²) >= 11 is 0. The van der Waals surface area contributed by atoms with Crippen molar-refractivity contribution in [1.29, 1.82) is 0 Å². The molecule has 0 aromatic heterocycles. The van der Waals surface area contributed by atoms with Crippen LogP contribution in [0.3, 0.4) is 0 Å². The largest absolute Gasteiger partial charge is 0.395 e. The van der Waals surface area contributed by atoms with Gasteiger partial charge in [-0.1, -0.05) is 6.07 Å². The van der Waals surface area contributed by atoms with Gasteiger partial charge in [0, 0.05) is 12.6 Å². The predicted molar refractivity (Wildman–Crippen MR) is 62.1 cm³/mol. The maximum absolute atomic E-state index is 13.6. The fourth-order valence-electron chi connectivity index (χ4n) is 2.08. The second-order valence-corrected chi connectivity index (χ2v) is 4.41. The van der Waals surface area contributed by atoms with E-state index >= 15 is 0 Å². The van der Waals surface area contributed by atoms with Crippen LogP contribution in [0.1, 0.15) is 29.6 Å². The maximum atomic E-state index is 13.6. The second-order valence-electron chi connectivity index (χ2n) is 4.41. The Labute approximate surface area is 104 Å². The van der Waals surface area contributed by atoms with Crippen LogP contribution in [0.15, 0.2) is 18.2 Å². The Hall–Kier alpha value is -1.49. The monoisotopic (exact) mass is 255 g/mol. The average molecular weight is 255 g/mol. The van der Waals surface area contributed by atoms with Crippen LogP contribution in [-0.2, 0) is 0 Å². The normalized spacial score (nSPS) is 15.3. The Balaban J connectivity index is 2.24. The molecule has 98 valence electrons. The van der Waals surface area contributed by atoms with Crippen LogP contribution in [0, 0.1) is 11.6 Å². The molecule has 1 aliphatic carbocycles. The number of halogens is 2. The van der Waals surface area contributed by atoms with Crippen molar-refractivity contribution in [3.05, 3.63) is 35.4 Å². The van der Waals surface area contributed by atoms with Crippen molar-refractivity contribution in [3.8, 4) is 0 Å². The standard InChI is InChI=1S/C13H15F2NO2/c14-11-6-2-5-10(12(11)15)13(18)16(7-8-17)9-3-1-4-9/h2,5-6,9,17H,1,3-4,7-8H2. The predicted octanol–water partition coefficient (Wildman–Crippen LogP) is 1.95. The van der Waals surface area contributed by atoms with E-state index in [0.29, 0.717) is 0 Å². The summed E-state index contributed by atoms with van der Waals surface area (Å²) in [6.07, 6.45) is 2.72. The van der Waals surface area contributed by atoms with Crippen molar-refractivity contribution >= 4 is 5.91 Å². The smallest absolute Gasteiger partial charge is 0.257 e. The SMILES string of the molecule is O=C(c1cccc(F)c1F)N(CCO)C1CCC1. The second kappa shape index (κ2) is 5.44. The molecule has 0 atom stereocenters. The molecule has 0 spiro atoms. The fraction of sp³-hybridized carbons (Fsp3) is 0.462. The molecule has 0 aliphatic heterocycles. The van der Waals surface area contributed by atoms with Gasteiger partial charge in [0.15, 0.2) is 11.6 Å². The number of carbonyl (C=O) groups is 1. The van der Waals surface area contributed by atoms with Crippen molar-refractivity contribution in [2.45, 2.75) is 25.3 Å². The van der Waals surface area contributed by atoms with Crippen molar-refractivity contribution in [2.75, 3.05) is 13.2 Å². The lowest BCUT2D eigenvalue weighted by Gasteiger charge is -2.37. The molecule has 1 aromatic rings. The number of rotatable bonds is 4. The van der Waals surface area contributed by atoms with Crippen molar-refractivity contribution in [1.82, 2.24) is 4.90 Å². The van der Waals surface area contributed by atoms with Crippen LogP contribution in [0.5, 0.6) is 0 Å². The van der Waals surface area contributed by atoms with Gasteiger partial charge in [0.25, 0.3) is 5.91 Å². The van der Waals surface area contributed by atoms with E-state index in [2.05, 4.69) is 0 Å². The molecule has 1 fully saturated rings. The molecule has 0 heterocycles. The van der Waals surface area contributed by atoms with E-state index in [1.807, 2.05) is 0 Å². The third kappa shape index (κ3) is 2.36. The summed E-state index contributed by atoms with van der Waals surface area (Å²) in [5, 5.41) is 8.96. The molecular formula is C13H15F2NO2. The van der Waals surface area contributed by atoms with Gasteiger partial charge in [-0.2, -0.15) is 0 Å². The molecular weight excluding hydrogens is 240 g/mol. The highest BCUT2D eigenvalue weighted by molar-refractivity contribution is 5.94. The highest BCUT2D eigenvalue weighted by atomic mass is 19.2. The topological polar surface area (TPSA) is 40.5 Å². The van der Waals surface area contributed by atoms with Gasteiger partial charge in [0.1, 0.15) is 0 Å². The van der Waals surface area contributed by atoms with E-state index in [0.717, 1.165) is 25.3 Å². The number of carbonyl (C=O) groups excluding carboxylic acids is 1. The van der Waals surface area contributed by atoms with Gasteiger partial charge in [0.2, 0.25) is 0 Å². The van der Waals surface area contributed by atoms with Gasteiger partial charge in [-0.05, 0) is 31.4 Å². The molecule has 18 heavy (non-hydrogen) atoms. The van der Waals surface area contributed by atoms with E-state index in [1.165, 1.54) is 17.0 Å². The third-order valence-electron chi connectivity index (χ3n) is 3.30. The molecule has 3 nitrogen and oxygen atoms in total. The number of amides is 1. The lowest BCUT2D eigenvalue weighted by molar-refractivity contribution is 0.0520. The summed E-state index contributed by atoms with van der Waals surface area (Å²) in [5.41, 5.74) is -0.268. The molecule has 0 radical (unpaired) electrons. The first kappa shape index (κ1) is 13.0. The van der Waals surface area contributed by atoms with E-state index in [1.54, 1.807) is 0 Å². The van der Waals surface area contributed by atoms with Gasteiger partial charge >= 0.3 is 0 Å². The first-order valence-corrected chi connectivity index (χ1v) is 6.01. The Morgan fingerprint density at radius 1 is 1.39 bits per heavy atom. The van der Waals surface area contributed by atoms with Crippen LogP contribution in [0.4, 0.5) is 8.78 Å². The number of hydrogen-bond acceptors (Lipinski definition) is 2. The van der Waals surface area contributed by atoms with Gasteiger partial charge in [-0.3, -0.25) is 4.79 Å². The third-order valence-corrected chi connectivity index (χ3v) is 3.30. The number of nitrogens with zero attached hydrogens (tertiary/aromatic N) is 1. The number of hydrogen-bond donors (Lipinski definition) is 1. The molecule has 0 unspecified atom stereocenters. The molecule has 1 amide bonds. The molecule has 0 saturated heterocycles.